The highest BCUT2D eigenvalue weighted by Gasteiger charge is 2.16. The average Bonchev–Trinajstić information content (AvgIpc) is 1.63. The summed E-state index contributed by atoms with van der Waals surface area (Å²) in [5, 5.41) is 0. The standard InChI is InChI=1S/C7H16ClN.ClH/c1-7(2,5-8)6-9(3)4;/h5-6H2,1-4H3;1H. The molecule has 0 atom stereocenters. The molecular weight excluding hydrogens is 169 g/mol. The summed E-state index contributed by atoms with van der Waals surface area (Å²) in [6.45, 7) is 5.39. The van der Waals surface area contributed by atoms with Crippen LogP contribution >= 0.6 is 24.0 Å². The highest BCUT2D eigenvalue weighted by molar-refractivity contribution is 6.18. The van der Waals surface area contributed by atoms with Crippen LogP contribution in [0.25, 0.3) is 0 Å². The molecule has 3 heteroatoms. The number of hydrogen-bond acceptors (Lipinski definition) is 1. The molecule has 0 aromatic carbocycles. The average molecular weight is 186 g/mol. The number of nitrogens with zero attached hydrogens (tertiary/aromatic N) is 1. The molecule has 0 aromatic rings. The Balaban J connectivity index is 0. The second kappa shape index (κ2) is 5.22. The Bertz CT molecular complexity index is 81.7. The van der Waals surface area contributed by atoms with Crippen molar-refractivity contribution in [2.24, 2.45) is 5.41 Å². The first-order valence-corrected chi connectivity index (χ1v) is 3.72. The fourth-order valence-electron chi connectivity index (χ4n) is 0.898. The molecule has 0 aliphatic carbocycles. The second-order valence-electron chi connectivity index (χ2n) is 3.54. The van der Waals surface area contributed by atoms with Gasteiger partial charge in [0.1, 0.15) is 0 Å². The molecule has 0 amide bonds. The monoisotopic (exact) mass is 185 g/mol. The zero-order valence-corrected chi connectivity index (χ0v) is 8.72. The van der Waals surface area contributed by atoms with Crippen LogP contribution in [0.4, 0.5) is 0 Å². The van der Waals surface area contributed by atoms with Crippen molar-refractivity contribution in [1.29, 1.82) is 0 Å². The minimum Gasteiger partial charge on any atom is -0.309 e. The Morgan fingerprint density at radius 3 is 1.80 bits per heavy atom. The lowest BCUT2D eigenvalue weighted by Crippen LogP contribution is -2.29. The lowest BCUT2D eigenvalue weighted by Gasteiger charge is -2.25. The molecule has 10 heavy (non-hydrogen) atoms. The van der Waals surface area contributed by atoms with Crippen LogP contribution in [0.2, 0.25) is 0 Å². The van der Waals surface area contributed by atoms with Crippen molar-refractivity contribution in [2.75, 3.05) is 26.5 Å². The normalized spacial score (nSPS) is 11.4. The van der Waals surface area contributed by atoms with Gasteiger partial charge in [0.15, 0.2) is 0 Å². The Morgan fingerprint density at radius 1 is 1.30 bits per heavy atom. The highest BCUT2D eigenvalue weighted by atomic mass is 35.5. The minimum atomic E-state index is 0. The summed E-state index contributed by atoms with van der Waals surface area (Å²) in [5.74, 6) is 0.727. The van der Waals surface area contributed by atoms with Crippen LogP contribution in [-0.4, -0.2) is 31.4 Å². The lowest BCUT2D eigenvalue weighted by atomic mass is 9.96. The van der Waals surface area contributed by atoms with E-state index in [9.17, 15) is 0 Å². The van der Waals surface area contributed by atoms with Crippen LogP contribution in [0.15, 0.2) is 0 Å². The molecule has 64 valence electrons. The fourth-order valence-corrected chi connectivity index (χ4v) is 0.983. The molecule has 0 aromatic heterocycles. The van der Waals surface area contributed by atoms with E-state index in [-0.39, 0.29) is 17.8 Å². The van der Waals surface area contributed by atoms with Gasteiger partial charge in [0.05, 0.1) is 0 Å². The van der Waals surface area contributed by atoms with Crippen molar-refractivity contribution < 1.29 is 0 Å². The van der Waals surface area contributed by atoms with E-state index in [1.165, 1.54) is 0 Å². The zero-order chi connectivity index (χ0) is 7.49. The van der Waals surface area contributed by atoms with E-state index < -0.39 is 0 Å². The van der Waals surface area contributed by atoms with Gasteiger partial charge >= 0.3 is 0 Å². The molecule has 0 aliphatic rings. The predicted octanol–water partition coefficient (Wildman–Crippen LogP) is 2.23. The van der Waals surface area contributed by atoms with E-state index in [1.807, 2.05) is 0 Å². The van der Waals surface area contributed by atoms with Crippen molar-refractivity contribution in [3.8, 4) is 0 Å². The molecule has 0 rings (SSSR count). The third kappa shape index (κ3) is 6.66. The van der Waals surface area contributed by atoms with Crippen LogP contribution in [-0.2, 0) is 0 Å². The third-order valence-corrected chi connectivity index (χ3v) is 1.83. The number of rotatable bonds is 3. The van der Waals surface area contributed by atoms with Crippen LogP contribution < -0.4 is 0 Å². The van der Waals surface area contributed by atoms with E-state index in [0.29, 0.717) is 0 Å². The molecule has 0 N–H and O–H groups in total. The van der Waals surface area contributed by atoms with Gasteiger partial charge in [-0.05, 0) is 19.5 Å². The van der Waals surface area contributed by atoms with Gasteiger partial charge in [-0.25, -0.2) is 0 Å². The van der Waals surface area contributed by atoms with Gasteiger partial charge < -0.3 is 4.90 Å². The summed E-state index contributed by atoms with van der Waals surface area (Å²) in [4.78, 5) is 2.16. The SMILES string of the molecule is CN(C)CC(C)(C)CCl.Cl. The van der Waals surface area contributed by atoms with Crippen molar-refractivity contribution in [3.05, 3.63) is 0 Å². The van der Waals surface area contributed by atoms with Gasteiger partial charge in [0, 0.05) is 12.4 Å². The molecular formula is C7H17Cl2N. The largest absolute Gasteiger partial charge is 0.309 e. The Labute approximate surface area is 75.1 Å². The maximum atomic E-state index is 5.71. The Kier molecular flexibility index (Phi) is 6.87. The smallest absolute Gasteiger partial charge is 0.0286 e. The summed E-state index contributed by atoms with van der Waals surface area (Å²) in [5.41, 5.74) is 0.255. The zero-order valence-electron chi connectivity index (χ0n) is 7.15. The van der Waals surface area contributed by atoms with Gasteiger partial charge in [-0.2, -0.15) is 0 Å². The molecule has 0 aliphatic heterocycles. The van der Waals surface area contributed by atoms with Crippen LogP contribution in [0, 0.1) is 5.41 Å². The number of halogens is 2. The van der Waals surface area contributed by atoms with E-state index in [4.69, 9.17) is 11.6 Å². The summed E-state index contributed by atoms with van der Waals surface area (Å²) in [7, 11) is 4.13. The summed E-state index contributed by atoms with van der Waals surface area (Å²) >= 11 is 5.71. The molecule has 0 bridgehead atoms. The van der Waals surface area contributed by atoms with Gasteiger partial charge in [-0.1, -0.05) is 13.8 Å². The van der Waals surface area contributed by atoms with Crippen molar-refractivity contribution in [2.45, 2.75) is 13.8 Å². The van der Waals surface area contributed by atoms with Gasteiger partial charge in [-0.3, -0.25) is 0 Å². The molecule has 0 spiro atoms. The lowest BCUT2D eigenvalue weighted by molar-refractivity contribution is 0.266. The summed E-state index contributed by atoms with van der Waals surface area (Å²) in [6.07, 6.45) is 0. The first-order chi connectivity index (χ1) is 3.98. The maximum absolute atomic E-state index is 5.71. The van der Waals surface area contributed by atoms with E-state index in [1.54, 1.807) is 0 Å². The number of hydrogen-bond donors (Lipinski definition) is 0. The first kappa shape index (κ1) is 13.2. The molecule has 0 heterocycles. The molecule has 1 nitrogen and oxygen atoms in total. The first-order valence-electron chi connectivity index (χ1n) is 3.19. The van der Waals surface area contributed by atoms with Crippen molar-refractivity contribution >= 4 is 24.0 Å². The summed E-state index contributed by atoms with van der Waals surface area (Å²) in [6, 6.07) is 0. The van der Waals surface area contributed by atoms with E-state index in [2.05, 4.69) is 32.8 Å². The molecule has 0 saturated carbocycles. The van der Waals surface area contributed by atoms with Crippen LogP contribution in [0.1, 0.15) is 13.8 Å². The third-order valence-electron chi connectivity index (χ3n) is 1.11. The molecule has 0 fully saturated rings. The molecule has 0 saturated heterocycles. The minimum absolute atomic E-state index is 0. The van der Waals surface area contributed by atoms with Gasteiger partial charge in [0.25, 0.3) is 0 Å². The fraction of sp³-hybridized carbons (Fsp3) is 1.00. The Morgan fingerprint density at radius 2 is 1.70 bits per heavy atom. The van der Waals surface area contributed by atoms with Gasteiger partial charge in [-0.15, -0.1) is 24.0 Å². The highest BCUT2D eigenvalue weighted by Crippen LogP contribution is 2.16. The second-order valence-corrected chi connectivity index (χ2v) is 3.80. The summed E-state index contributed by atoms with van der Waals surface area (Å²) < 4.78 is 0. The van der Waals surface area contributed by atoms with Crippen molar-refractivity contribution in [1.82, 2.24) is 4.90 Å². The molecule has 0 unspecified atom stereocenters. The van der Waals surface area contributed by atoms with E-state index in [0.717, 1.165) is 12.4 Å². The Hall–Kier alpha value is 0.540. The quantitative estimate of drug-likeness (QED) is 0.611. The maximum Gasteiger partial charge on any atom is 0.0286 e. The van der Waals surface area contributed by atoms with Crippen LogP contribution in [0.3, 0.4) is 0 Å². The number of alkyl halides is 1. The predicted molar refractivity (Wildman–Crippen MR) is 50.3 cm³/mol. The molecule has 0 radical (unpaired) electrons. The van der Waals surface area contributed by atoms with Crippen molar-refractivity contribution in [3.63, 3.8) is 0 Å². The van der Waals surface area contributed by atoms with Crippen LogP contribution in [0.5, 0.6) is 0 Å². The van der Waals surface area contributed by atoms with E-state index >= 15 is 0 Å². The topological polar surface area (TPSA) is 3.24 Å². The van der Waals surface area contributed by atoms with Gasteiger partial charge in [0.2, 0.25) is 0 Å².